The molecule has 0 radical (unpaired) electrons. The standard InChI is InChI=1S/C15H19ClN2O/c1-10(2)12-6-5-7-13(8-12)19-9-14-11(3)17-18(4)15(14)16/h5-8,10H,9H2,1-4H3. The lowest BCUT2D eigenvalue weighted by atomic mass is 10.0. The highest BCUT2D eigenvalue weighted by Gasteiger charge is 2.11. The summed E-state index contributed by atoms with van der Waals surface area (Å²) >= 11 is 6.18. The van der Waals surface area contributed by atoms with E-state index >= 15 is 0 Å². The zero-order valence-electron chi connectivity index (χ0n) is 11.8. The Kier molecular flexibility index (Phi) is 4.15. The molecule has 0 saturated heterocycles. The Morgan fingerprint density at radius 3 is 2.68 bits per heavy atom. The minimum atomic E-state index is 0.444. The van der Waals surface area contributed by atoms with E-state index in [-0.39, 0.29) is 0 Å². The van der Waals surface area contributed by atoms with Crippen molar-refractivity contribution in [2.24, 2.45) is 7.05 Å². The number of nitrogens with zero attached hydrogens (tertiary/aromatic N) is 2. The van der Waals surface area contributed by atoms with Crippen LogP contribution in [-0.4, -0.2) is 9.78 Å². The molecule has 0 spiro atoms. The molecule has 1 aromatic carbocycles. The fraction of sp³-hybridized carbons (Fsp3) is 0.400. The molecule has 0 aliphatic heterocycles. The predicted molar refractivity (Wildman–Crippen MR) is 77.8 cm³/mol. The average Bonchev–Trinajstić information content (AvgIpc) is 2.61. The van der Waals surface area contributed by atoms with Crippen LogP contribution in [0.4, 0.5) is 0 Å². The first kappa shape index (κ1) is 13.9. The van der Waals surface area contributed by atoms with Gasteiger partial charge in [-0.15, -0.1) is 0 Å². The third-order valence-corrected chi connectivity index (χ3v) is 3.65. The van der Waals surface area contributed by atoms with Gasteiger partial charge in [0.15, 0.2) is 0 Å². The number of halogens is 1. The van der Waals surface area contributed by atoms with Gasteiger partial charge in [-0.25, -0.2) is 0 Å². The van der Waals surface area contributed by atoms with Crippen LogP contribution < -0.4 is 4.74 Å². The first-order valence-corrected chi connectivity index (χ1v) is 6.77. The maximum absolute atomic E-state index is 6.18. The van der Waals surface area contributed by atoms with Crippen molar-refractivity contribution in [2.75, 3.05) is 0 Å². The summed E-state index contributed by atoms with van der Waals surface area (Å²) in [7, 11) is 1.83. The monoisotopic (exact) mass is 278 g/mol. The van der Waals surface area contributed by atoms with Gasteiger partial charge in [0.05, 0.1) is 5.69 Å². The predicted octanol–water partition coefficient (Wildman–Crippen LogP) is 4.08. The molecule has 0 aliphatic rings. The maximum Gasteiger partial charge on any atom is 0.133 e. The van der Waals surface area contributed by atoms with E-state index in [1.807, 2.05) is 26.1 Å². The maximum atomic E-state index is 6.18. The van der Waals surface area contributed by atoms with Crippen LogP contribution in [0.15, 0.2) is 24.3 Å². The van der Waals surface area contributed by atoms with Gasteiger partial charge in [-0.3, -0.25) is 4.68 Å². The van der Waals surface area contributed by atoms with Crippen LogP contribution in [0.1, 0.15) is 36.6 Å². The minimum absolute atomic E-state index is 0.444. The summed E-state index contributed by atoms with van der Waals surface area (Å²) in [6.45, 7) is 6.72. The highest BCUT2D eigenvalue weighted by molar-refractivity contribution is 6.30. The lowest BCUT2D eigenvalue weighted by molar-refractivity contribution is 0.305. The fourth-order valence-corrected chi connectivity index (χ4v) is 2.19. The molecular weight excluding hydrogens is 260 g/mol. The Bertz CT molecular complexity index is 576. The summed E-state index contributed by atoms with van der Waals surface area (Å²) in [5, 5.41) is 4.91. The van der Waals surface area contributed by atoms with Gasteiger partial charge in [0.25, 0.3) is 0 Å². The quantitative estimate of drug-likeness (QED) is 0.842. The summed E-state index contributed by atoms with van der Waals surface area (Å²) in [6, 6.07) is 8.16. The molecule has 0 atom stereocenters. The second-order valence-corrected chi connectivity index (χ2v) is 5.35. The number of aryl methyl sites for hydroxylation is 2. The number of hydrogen-bond donors (Lipinski definition) is 0. The smallest absolute Gasteiger partial charge is 0.133 e. The second-order valence-electron chi connectivity index (χ2n) is 4.99. The van der Waals surface area contributed by atoms with Gasteiger partial charge in [0.2, 0.25) is 0 Å². The van der Waals surface area contributed by atoms with E-state index in [0.717, 1.165) is 17.0 Å². The van der Waals surface area contributed by atoms with Crippen molar-refractivity contribution in [3.63, 3.8) is 0 Å². The Morgan fingerprint density at radius 1 is 1.37 bits per heavy atom. The molecule has 2 aromatic rings. The first-order valence-electron chi connectivity index (χ1n) is 6.39. The lowest BCUT2D eigenvalue weighted by Crippen LogP contribution is -1.98. The number of hydrogen-bond acceptors (Lipinski definition) is 2. The van der Waals surface area contributed by atoms with Gasteiger partial charge in [-0.2, -0.15) is 5.10 Å². The van der Waals surface area contributed by atoms with Gasteiger partial charge >= 0.3 is 0 Å². The number of aromatic nitrogens is 2. The van der Waals surface area contributed by atoms with Crippen molar-refractivity contribution in [3.05, 3.63) is 46.2 Å². The summed E-state index contributed by atoms with van der Waals surface area (Å²) in [6.07, 6.45) is 0. The SMILES string of the molecule is Cc1nn(C)c(Cl)c1COc1cccc(C(C)C)c1. The summed E-state index contributed by atoms with van der Waals surface area (Å²) in [4.78, 5) is 0. The van der Waals surface area contributed by atoms with Crippen molar-refractivity contribution in [1.29, 1.82) is 0 Å². The molecule has 19 heavy (non-hydrogen) atoms. The number of rotatable bonds is 4. The summed E-state index contributed by atoms with van der Waals surface area (Å²) in [5.74, 6) is 1.36. The Labute approximate surface area is 119 Å². The Hall–Kier alpha value is -1.48. The van der Waals surface area contributed by atoms with E-state index in [9.17, 15) is 0 Å². The van der Waals surface area contributed by atoms with Gasteiger partial charge in [0, 0.05) is 12.6 Å². The molecule has 0 bridgehead atoms. The first-order chi connectivity index (χ1) is 8.99. The molecule has 0 aliphatic carbocycles. The largest absolute Gasteiger partial charge is 0.489 e. The van der Waals surface area contributed by atoms with E-state index in [2.05, 4.69) is 31.1 Å². The van der Waals surface area contributed by atoms with Crippen molar-refractivity contribution < 1.29 is 4.74 Å². The van der Waals surface area contributed by atoms with Crippen molar-refractivity contribution in [2.45, 2.75) is 33.3 Å². The van der Waals surface area contributed by atoms with Crippen LogP contribution in [0.25, 0.3) is 0 Å². The third kappa shape index (κ3) is 3.10. The lowest BCUT2D eigenvalue weighted by Gasteiger charge is -2.10. The molecule has 0 amide bonds. The molecule has 1 heterocycles. The fourth-order valence-electron chi connectivity index (χ4n) is 1.96. The molecule has 0 N–H and O–H groups in total. The molecular formula is C15H19ClN2O. The van der Waals surface area contributed by atoms with Crippen LogP contribution in [0.3, 0.4) is 0 Å². The molecule has 3 nitrogen and oxygen atoms in total. The molecule has 0 fully saturated rings. The molecule has 1 aromatic heterocycles. The third-order valence-electron chi connectivity index (χ3n) is 3.18. The van der Waals surface area contributed by atoms with E-state index in [1.54, 1.807) is 4.68 Å². The zero-order valence-corrected chi connectivity index (χ0v) is 12.5. The van der Waals surface area contributed by atoms with Gasteiger partial charge < -0.3 is 4.74 Å². The number of ether oxygens (including phenoxy) is 1. The van der Waals surface area contributed by atoms with Crippen molar-refractivity contribution in [1.82, 2.24) is 9.78 Å². The van der Waals surface area contributed by atoms with Crippen LogP contribution in [0, 0.1) is 6.92 Å². The normalized spacial score (nSPS) is 11.1. The molecule has 4 heteroatoms. The Balaban J connectivity index is 2.12. The van der Waals surface area contributed by atoms with E-state index in [4.69, 9.17) is 16.3 Å². The molecule has 0 unspecified atom stereocenters. The molecule has 0 saturated carbocycles. The van der Waals surface area contributed by atoms with Crippen molar-refractivity contribution >= 4 is 11.6 Å². The topological polar surface area (TPSA) is 27.1 Å². The molecule has 2 rings (SSSR count). The number of benzene rings is 1. The molecule has 102 valence electrons. The highest BCUT2D eigenvalue weighted by Crippen LogP contribution is 2.23. The van der Waals surface area contributed by atoms with Crippen LogP contribution >= 0.6 is 11.6 Å². The van der Waals surface area contributed by atoms with E-state index in [0.29, 0.717) is 17.7 Å². The zero-order chi connectivity index (χ0) is 14.0. The minimum Gasteiger partial charge on any atom is -0.489 e. The van der Waals surface area contributed by atoms with E-state index < -0.39 is 0 Å². The average molecular weight is 279 g/mol. The van der Waals surface area contributed by atoms with E-state index in [1.165, 1.54) is 5.56 Å². The second kappa shape index (κ2) is 5.66. The van der Waals surface area contributed by atoms with Gasteiger partial charge in [-0.05, 0) is 30.5 Å². The summed E-state index contributed by atoms with van der Waals surface area (Å²) in [5.41, 5.74) is 3.12. The van der Waals surface area contributed by atoms with Crippen LogP contribution in [0.5, 0.6) is 5.75 Å². The van der Waals surface area contributed by atoms with Crippen LogP contribution in [0.2, 0.25) is 5.15 Å². The van der Waals surface area contributed by atoms with Gasteiger partial charge in [-0.1, -0.05) is 37.6 Å². The van der Waals surface area contributed by atoms with Crippen LogP contribution in [-0.2, 0) is 13.7 Å². The van der Waals surface area contributed by atoms with Crippen molar-refractivity contribution in [3.8, 4) is 5.75 Å². The van der Waals surface area contributed by atoms with Gasteiger partial charge in [0.1, 0.15) is 17.5 Å². The summed E-state index contributed by atoms with van der Waals surface area (Å²) < 4.78 is 7.49. The highest BCUT2D eigenvalue weighted by atomic mass is 35.5. The Morgan fingerprint density at radius 2 is 2.11 bits per heavy atom.